The fourth-order valence-electron chi connectivity index (χ4n) is 3.63. The highest BCUT2D eigenvalue weighted by Crippen LogP contribution is 2.66. The molecular formula is C17H28N4O6. The van der Waals surface area contributed by atoms with Gasteiger partial charge in [0.1, 0.15) is 11.6 Å². The summed E-state index contributed by atoms with van der Waals surface area (Å²) in [6, 6.07) is -0.934. The van der Waals surface area contributed by atoms with E-state index in [1.807, 2.05) is 0 Å². The van der Waals surface area contributed by atoms with Crippen LogP contribution >= 0.6 is 0 Å². The Morgan fingerprint density at radius 1 is 1.26 bits per heavy atom. The van der Waals surface area contributed by atoms with Crippen molar-refractivity contribution in [2.24, 2.45) is 17.1 Å². The minimum atomic E-state index is -1.42. The lowest BCUT2D eigenvalue weighted by Gasteiger charge is -2.63. The first kappa shape index (κ1) is 20.8. The minimum Gasteiger partial charge on any atom is -0.464 e. The van der Waals surface area contributed by atoms with Crippen molar-refractivity contribution in [3.63, 3.8) is 0 Å². The molecule has 5 N–H and O–H groups in total. The number of carboxylic acid groups (broad SMARTS) is 1. The van der Waals surface area contributed by atoms with E-state index in [0.717, 1.165) is 19.3 Å². The van der Waals surface area contributed by atoms with Gasteiger partial charge < -0.3 is 20.9 Å². The van der Waals surface area contributed by atoms with Crippen molar-refractivity contribution >= 4 is 24.0 Å². The topological polar surface area (TPSA) is 151 Å². The molecule has 4 amide bonds. The maximum absolute atomic E-state index is 12.6. The number of rotatable bonds is 7. The third kappa shape index (κ3) is 5.73. The number of carbonyl (C=O) groups excluding carboxylic acids is 3. The van der Waals surface area contributed by atoms with Crippen molar-refractivity contribution in [1.82, 2.24) is 15.8 Å². The first-order chi connectivity index (χ1) is 12.4. The summed E-state index contributed by atoms with van der Waals surface area (Å²) in [5.74, 6) is -0.661. The minimum absolute atomic E-state index is 0.0307. The fraction of sp³-hybridized carbons (Fsp3) is 0.765. The molecule has 1 atom stereocenters. The van der Waals surface area contributed by atoms with Gasteiger partial charge in [-0.3, -0.25) is 15.0 Å². The van der Waals surface area contributed by atoms with E-state index in [4.69, 9.17) is 10.5 Å². The fourth-order valence-corrected chi connectivity index (χ4v) is 3.63. The Hall–Kier alpha value is -2.52. The van der Waals surface area contributed by atoms with E-state index in [1.54, 1.807) is 20.8 Å². The van der Waals surface area contributed by atoms with Crippen molar-refractivity contribution < 1.29 is 29.0 Å². The van der Waals surface area contributed by atoms with Gasteiger partial charge in [-0.25, -0.2) is 14.6 Å². The van der Waals surface area contributed by atoms with Crippen LogP contribution in [0.5, 0.6) is 0 Å². The molecule has 10 heteroatoms. The summed E-state index contributed by atoms with van der Waals surface area (Å²) in [5.41, 5.74) is 6.58. The highest BCUT2D eigenvalue weighted by atomic mass is 16.6. The number of amides is 4. The van der Waals surface area contributed by atoms with E-state index in [2.05, 4.69) is 10.7 Å². The Morgan fingerprint density at radius 3 is 2.26 bits per heavy atom. The molecule has 0 heterocycles. The summed E-state index contributed by atoms with van der Waals surface area (Å²) in [6.45, 7) is 4.85. The lowest BCUT2D eigenvalue weighted by molar-refractivity contribution is -0.140. The van der Waals surface area contributed by atoms with Crippen LogP contribution in [0, 0.1) is 11.3 Å². The van der Waals surface area contributed by atoms with E-state index >= 15 is 0 Å². The zero-order valence-electron chi connectivity index (χ0n) is 15.9. The summed E-state index contributed by atoms with van der Waals surface area (Å²) in [4.78, 5) is 46.9. The zero-order chi connectivity index (χ0) is 20.4. The number of alkyl carbamates (subject to hydrolysis) is 1. The second kappa shape index (κ2) is 7.61. The third-order valence-electron chi connectivity index (χ3n) is 4.87. The molecule has 152 valence electrons. The summed E-state index contributed by atoms with van der Waals surface area (Å²) in [7, 11) is 0. The van der Waals surface area contributed by atoms with Crippen LogP contribution in [0.2, 0.25) is 0 Å². The Bertz CT molecular complexity index is 612. The van der Waals surface area contributed by atoms with Crippen molar-refractivity contribution in [1.29, 1.82) is 0 Å². The predicted octanol–water partition coefficient (Wildman–Crippen LogP) is 0.957. The van der Waals surface area contributed by atoms with Gasteiger partial charge in [0, 0.05) is 6.42 Å². The maximum Gasteiger partial charge on any atom is 0.426 e. The van der Waals surface area contributed by atoms with Crippen LogP contribution in [-0.2, 0) is 14.3 Å². The lowest BCUT2D eigenvalue weighted by Crippen LogP contribution is -2.60. The van der Waals surface area contributed by atoms with Crippen LogP contribution in [-0.4, -0.2) is 52.3 Å². The van der Waals surface area contributed by atoms with Crippen LogP contribution in [0.1, 0.15) is 52.9 Å². The Labute approximate surface area is 157 Å². The van der Waals surface area contributed by atoms with Crippen molar-refractivity contribution in [3.8, 4) is 0 Å². The van der Waals surface area contributed by atoms with Gasteiger partial charge in [-0.1, -0.05) is 0 Å². The van der Waals surface area contributed by atoms with E-state index in [9.17, 15) is 24.3 Å². The maximum atomic E-state index is 12.6. The lowest BCUT2D eigenvalue weighted by atomic mass is 9.43. The van der Waals surface area contributed by atoms with Crippen LogP contribution in [0.4, 0.5) is 9.59 Å². The number of nitrogens with one attached hydrogen (secondary N) is 2. The number of hydrazine groups is 1. The van der Waals surface area contributed by atoms with Crippen molar-refractivity contribution in [2.45, 2.75) is 64.5 Å². The first-order valence-corrected chi connectivity index (χ1v) is 8.98. The highest BCUT2D eigenvalue weighted by Gasteiger charge is 2.57. The molecule has 27 heavy (non-hydrogen) atoms. The highest BCUT2D eigenvalue weighted by molar-refractivity contribution is 5.87. The summed E-state index contributed by atoms with van der Waals surface area (Å²) < 4.78 is 5.21. The zero-order valence-corrected chi connectivity index (χ0v) is 15.9. The van der Waals surface area contributed by atoms with Gasteiger partial charge in [0.15, 0.2) is 0 Å². The Kier molecular flexibility index (Phi) is 5.86. The molecule has 0 unspecified atom stereocenters. The van der Waals surface area contributed by atoms with Crippen LogP contribution in [0.25, 0.3) is 0 Å². The van der Waals surface area contributed by atoms with E-state index in [1.165, 1.54) is 0 Å². The molecule has 0 saturated heterocycles. The molecule has 0 aliphatic heterocycles. The number of nitrogens with zero attached hydrogens (tertiary/aromatic N) is 1. The SMILES string of the molecule is CC(C)(C)OC(=O)N[C@@H](CC12CC(C1)C2)C(=O)NN(CCC(N)=O)C(=O)O. The second-order valence-electron chi connectivity index (χ2n) is 8.51. The van der Waals surface area contributed by atoms with E-state index in [0.29, 0.717) is 17.3 Å². The van der Waals surface area contributed by atoms with Gasteiger partial charge in [0.05, 0.1) is 6.54 Å². The molecule has 0 radical (unpaired) electrons. The normalized spacial score (nSPS) is 23.9. The van der Waals surface area contributed by atoms with Crippen molar-refractivity contribution in [2.75, 3.05) is 6.54 Å². The van der Waals surface area contributed by atoms with Crippen molar-refractivity contribution in [3.05, 3.63) is 0 Å². The molecule has 3 aliphatic rings. The molecule has 3 fully saturated rings. The number of primary amides is 1. The molecule has 2 bridgehead atoms. The van der Waals surface area contributed by atoms with Gasteiger partial charge >= 0.3 is 12.2 Å². The second-order valence-corrected chi connectivity index (χ2v) is 8.51. The van der Waals surface area contributed by atoms with Crippen LogP contribution < -0.4 is 16.5 Å². The van der Waals surface area contributed by atoms with Gasteiger partial charge in [0.2, 0.25) is 5.91 Å². The standard InChI is InChI=1S/C17H28N4O6/c1-16(2,3)27-14(24)19-11(9-17-6-10(7-17)8-17)13(23)20-21(15(25)26)5-4-12(18)22/h10-11H,4-9H2,1-3H3,(H2,18,22)(H,19,24)(H,20,23)(H,25,26)/t10?,11-,17?/m0/s1. The van der Waals surface area contributed by atoms with Gasteiger partial charge in [-0.15, -0.1) is 0 Å². The molecule has 0 aromatic rings. The smallest absolute Gasteiger partial charge is 0.426 e. The van der Waals surface area contributed by atoms with Gasteiger partial charge in [-0.2, -0.15) is 0 Å². The van der Waals surface area contributed by atoms with E-state index in [-0.39, 0.29) is 18.4 Å². The molecule has 3 aliphatic carbocycles. The summed E-state index contributed by atoms with van der Waals surface area (Å²) >= 11 is 0. The van der Waals surface area contributed by atoms with Gasteiger partial charge in [0.25, 0.3) is 5.91 Å². The Balaban J connectivity index is 2.01. The molecule has 0 aromatic carbocycles. The quantitative estimate of drug-likeness (QED) is 0.480. The summed E-state index contributed by atoms with van der Waals surface area (Å²) in [5, 5.41) is 12.3. The average Bonchev–Trinajstić information content (AvgIpc) is 2.41. The van der Waals surface area contributed by atoms with Crippen LogP contribution in [0.3, 0.4) is 0 Å². The monoisotopic (exact) mass is 384 g/mol. The first-order valence-electron chi connectivity index (χ1n) is 8.98. The largest absolute Gasteiger partial charge is 0.464 e. The summed E-state index contributed by atoms with van der Waals surface area (Å²) in [6.07, 6.45) is 1.05. The number of hydrogen-bond donors (Lipinski definition) is 4. The number of carbonyl (C=O) groups is 4. The van der Waals surface area contributed by atoms with Crippen LogP contribution in [0.15, 0.2) is 0 Å². The number of hydrogen-bond acceptors (Lipinski definition) is 5. The molecule has 3 rings (SSSR count). The molecule has 10 nitrogen and oxygen atoms in total. The number of nitrogens with two attached hydrogens (primary N) is 1. The molecule has 3 saturated carbocycles. The molecule has 0 aromatic heterocycles. The average molecular weight is 384 g/mol. The van der Waals surface area contributed by atoms with Gasteiger partial charge in [-0.05, 0) is 57.8 Å². The Morgan fingerprint density at radius 2 is 1.85 bits per heavy atom. The molecular weight excluding hydrogens is 356 g/mol. The number of ether oxygens (including phenoxy) is 1. The van der Waals surface area contributed by atoms with E-state index < -0.39 is 35.6 Å². The third-order valence-corrected chi connectivity index (χ3v) is 4.87. The molecule has 0 spiro atoms. The predicted molar refractivity (Wildman–Crippen MR) is 94.2 cm³/mol.